The van der Waals surface area contributed by atoms with Gasteiger partial charge in [0.25, 0.3) is 5.92 Å². The lowest BCUT2D eigenvalue weighted by Gasteiger charge is -2.40. The highest BCUT2D eigenvalue weighted by molar-refractivity contribution is 5.97. The van der Waals surface area contributed by atoms with Gasteiger partial charge in [-0.2, -0.15) is 5.10 Å². The summed E-state index contributed by atoms with van der Waals surface area (Å²) in [4.78, 5) is 11.0. The van der Waals surface area contributed by atoms with Gasteiger partial charge < -0.3 is 15.7 Å². The summed E-state index contributed by atoms with van der Waals surface area (Å²) in [6.07, 6.45) is 4.40. The van der Waals surface area contributed by atoms with Crippen LogP contribution in [0.4, 0.5) is 14.5 Å². The minimum atomic E-state index is -2.70. The van der Waals surface area contributed by atoms with E-state index in [1.165, 1.54) is 0 Å². The Kier molecular flexibility index (Phi) is 5.97. The number of rotatable bonds is 8. The topological polar surface area (TPSA) is 93.1 Å². The van der Waals surface area contributed by atoms with Crippen LogP contribution >= 0.6 is 0 Å². The first kappa shape index (κ1) is 22.4. The van der Waals surface area contributed by atoms with E-state index in [2.05, 4.69) is 10.1 Å². The van der Waals surface area contributed by atoms with Crippen molar-refractivity contribution in [3.63, 3.8) is 0 Å². The molecular formula is C25H26F2N6O. The van der Waals surface area contributed by atoms with Gasteiger partial charge in [-0.15, -0.1) is 0 Å². The van der Waals surface area contributed by atoms with Gasteiger partial charge in [0.15, 0.2) is 5.82 Å². The molecule has 0 saturated carbocycles. The number of aliphatic hydroxyl groups is 1. The first-order chi connectivity index (χ1) is 16.5. The van der Waals surface area contributed by atoms with Crippen LogP contribution in [0.15, 0.2) is 54.7 Å². The fourth-order valence-corrected chi connectivity index (χ4v) is 4.29. The second kappa shape index (κ2) is 9.08. The Balaban J connectivity index is 1.61. The number of unbranched alkanes of at least 4 members (excludes halogenated alkanes) is 1. The molecule has 1 saturated heterocycles. The molecule has 5 rings (SSSR count). The minimum absolute atomic E-state index is 0.187. The average molecular weight is 465 g/mol. The van der Waals surface area contributed by atoms with Crippen molar-refractivity contribution >= 4 is 16.6 Å². The van der Waals surface area contributed by atoms with E-state index in [-0.39, 0.29) is 19.7 Å². The van der Waals surface area contributed by atoms with Crippen LogP contribution in [0.1, 0.15) is 24.2 Å². The van der Waals surface area contributed by atoms with E-state index >= 15 is 0 Å². The third kappa shape index (κ3) is 4.36. The summed E-state index contributed by atoms with van der Waals surface area (Å²) in [6, 6.07) is 15.1. The van der Waals surface area contributed by atoms with Gasteiger partial charge in [0.05, 0.1) is 42.8 Å². The molecule has 0 atom stereocenters. The molecule has 4 aromatic rings. The van der Waals surface area contributed by atoms with Crippen molar-refractivity contribution in [2.24, 2.45) is 5.73 Å². The molecule has 0 unspecified atom stereocenters. The molecule has 9 heteroatoms. The second-order valence-electron chi connectivity index (χ2n) is 8.60. The first-order valence-corrected chi connectivity index (χ1v) is 11.4. The van der Waals surface area contributed by atoms with Crippen molar-refractivity contribution in [2.75, 3.05) is 24.5 Å². The highest BCUT2D eigenvalue weighted by Gasteiger charge is 2.44. The number of nitrogens with zero attached hydrogens (tertiary/aromatic N) is 5. The van der Waals surface area contributed by atoms with Crippen LogP contribution in [-0.4, -0.2) is 50.4 Å². The number of alkyl halides is 2. The molecule has 1 aliphatic heterocycles. The Bertz CT molecular complexity index is 1310. The highest BCUT2D eigenvalue weighted by Crippen LogP contribution is 2.39. The van der Waals surface area contributed by atoms with Gasteiger partial charge in [-0.25, -0.2) is 18.4 Å². The van der Waals surface area contributed by atoms with E-state index in [0.717, 1.165) is 47.1 Å². The largest absolute Gasteiger partial charge is 0.390 e. The quantitative estimate of drug-likeness (QED) is 0.386. The Morgan fingerprint density at radius 3 is 2.56 bits per heavy atom. The standard InChI is InChI=1S/C25H26F2N6O/c26-25(27)15-32(16-25)22-11-17(21-8-3-6-18(30-21)5-1-2-10-28)12-23-20(22)13-29-33(23)24-9-4-7-19(14-34)31-24/h3-4,6-9,11-13,34H,1-2,5,10,14-16,28H2. The number of pyridine rings is 2. The molecule has 0 spiro atoms. The summed E-state index contributed by atoms with van der Waals surface area (Å²) in [6.45, 7) is -0.202. The van der Waals surface area contributed by atoms with Crippen LogP contribution in [0, 0.1) is 0 Å². The highest BCUT2D eigenvalue weighted by atomic mass is 19.3. The molecule has 1 fully saturated rings. The van der Waals surface area contributed by atoms with Crippen LogP contribution < -0.4 is 10.6 Å². The van der Waals surface area contributed by atoms with Gasteiger partial charge in [0.1, 0.15) is 0 Å². The van der Waals surface area contributed by atoms with Crippen molar-refractivity contribution in [1.29, 1.82) is 0 Å². The molecule has 7 nitrogen and oxygen atoms in total. The summed E-state index contributed by atoms with van der Waals surface area (Å²) in [5.41, 5.74) is 10.1. The number of aliphatic hydroxyl groups excluding tert-OH is 1. The summed E-state index contributed by atoms with van der Waals surface area (Å²) in [5, 5.41) is 14.8. The Morgan fingerprint density at radius 1 is 1.00 bits per heavy atom. The van der Waals surface area contributed by atoms with E-state index in [1.807, 2.05) is 30.3 Å². The Morgan fingerprint density at radius 2 is 1.79 bits per heavy atom. The van der Waals surface area contributed by atoms with E-state index in [1.54, 1.807) is 34.0 Å². The number of hydrogen-bond acceptors (Lipinski definition) is 6. The van der Waals surface area contributed by atoms with Crippen molar-refractivity contribution in [3.8, 4) is 17.1 Å². The van der Waals surface area contributed by atoms with Crippen molar-refractivity contribution in [2.45, 2.75) is 31.8 Å². The number of nitrogens with two attached hydrogens (primary N) is 1. The zero-order valence-electron chi connectivity index (χ0n) is 18.7. The second-order valence-corrected chi connectivity index (χ2v) is 8.60. The van der Waals surface area contributed by atoms with Crippen molar-refractivity contribution < 1.29 is 13.9 Å². The molecule has 0 amide bonds. The maximum Gasteiger partial charge on any atom is 0.282 e. The van der Waals surface area contributed by atoms with Gasteiger partial charge >= 0.3 is 0 Å². The lowest BCUT2D eigenvalue weighted by atomic mass is 10.0. The van der Waals surface area contributed by atoms with E-state index in [9.17, 15) is 13.9 Å². The summed E-state index contributed by atoms with van der Waals surface area (Å²) in [7, 11) is 0. The molecule has 4 heterocycles. The zero-order valence-corrected chi connectivity index (χ0v) is 18.7. The molecule has 34 heavy (non-hydrogen) atoms. The number of aryl methyl sites for hydroxylation is 1. The predicted molar refractivity (Wildman–Crippen MR) is 127 cm³/mol. The number of anilines is 1. The van der Waals surface area contributed by atoms with Gasteiger partial charge in [-0.05, 0) is 62.2 Å². The molecule has 0 radical (unpaired) electrons. The van der Waals surface area contributed by atoms with Crippen molar-refractivity contribution in [3.05, 3.63) is 66.1 Å². The molecule has 3 aromatic heterocycles. The Hall–Kier alpha value is -3.43. The number of hydrogen-bond donors (Lipinski definition) is 2. The number of aromatic nitrogens is 4. The SMILES string of the molecule is NCCCCc1cccc(-c2cc(N3CC(F)(F)C3)c3cnn(-c4cccc(CO)n4)c3c2)n1. The molecular weight excluding hydrogens is 438 g/mol. The predicted octanol–water partition coefficient (Wildman–Crippen LogP) is 3.71. The maximum atomic E-state index is 13.7. The molecule has 1 aromatic carbocycles. The molecule has 1 aliphatic rings. The third-order valence-electron chi connectivity index (χ3n) is 6.01. The van der Waals surface area contributed by atoms with Crippen LogP contribution in [0.3, 0.4) is 0 Å². The van der Waals surface area contributed by atoms with E-state index in [4.69, 9.17) is 10.7 Å². The fourth-order valence-electron chi connectivity index (χ4n) is 4.29. The van der Waals surface area contributed by atoms with Gasteiger partial charge in [-0.1, -0.05) is 12.1 Å². The lowest BCUT2D eigenvalue weighted by molar-refractivity contribution is -0.0261. The van der Waals surface area contributed by atoms with E-state index in [0.29, 0.717) is 23.7 Å². The first-order valence-electron chi connectivity index (χ1n) is 11.4. The Labute approximate surface area is 195 Å². The zero-order chi connectivity index (χ0) is 23.7. The molecule has 3 N–H and O–H groups in total. The van der Waals surface area contributed by atoms with Crippen LogP contribution in [0.25, 0.3) is 28.0 Å². The number of fused-ring (bicyclic) bond motifs is 1. The van der Waals surface area contributed by atoms with Crippen LogP contribution in [0.2, 0.25) is 0 Å². The monoisotopic (exact) mass is 464 g/mol. The van der Waals surface area contributed by atoms with Gasteiger partial charge in [0.2, 0.25) is 0 Å². The van der Waals surface area contributed by atoms with Gasteiger partial charge in [0, 0.05) is 22.3 Å². The van der Waals surface area contributed by atoms with Crippen molar-refractivity contribution in [1.82, 2.24) is 19.7 Å². The number of halogens is 2. The minimum Gasteiger partial charge on any atom is -0.390 e. The third-order valence-corrected chi connectivity index (χ3v) is 6.01. The summed E-state index contributed by atoms with van der Waals surface area (Å²) >= 11 is 0. The summed E-state index contributed by atoms with van der Waals surface area (Å²) in [5.74, 6) is -2.15. The maximum absolute atomic E-state index is 13.7. The molecule has 0 bridgehead atoms. The smallest absolute Gasteiger partial charge is 0.282 e. The van der Waals surface area contributed by atoms with Crippen LogP contribution in [-0.2, 0) is 13.0 Å². The fraction of sp³-hybridized carbons (Fsp3) is 0.320. The molecule has 176 valence electrons. The molecule has 0 aliphatic carbocycles. The van der Waals surface area contributed by atoms with Gasteiger partial charge in [-0.3, -0.25) is 4.98 Å². The van der Waals surface area contributed by atoms with E-state index < -0.39 is 5.92 Å². The summed E-state index contributed by atoms with van der Waals surface area (Å²) < 4.78 is 29.1. The van der Waals surface area contributed by atoms with Crippen LogP contribution in [0.5, 0.6) is 0 Å². The number of benzene rings is 1. The lowest BCUT2D eigenvalue weighted by Crippen LogP contribution is -2.56. The normalized spacial score (nSPS) is 15.0. The average Bonchev–Trinajstić information content (AvgIpc) is 3.26.